The van der Waals surface area contributed by atoms with Crippen molar-refractivity contribution in [2.24, 2.45) is 0 Å². The van der Waals surface area contributed by atoms with E-state index in [1.54, 1.807) is 0 Å². The Balaban J connectivity index is 4.08. The predicted octanol–water partition coefficient (Wildman–Crippen LogP) is 23.9. The Hall–Kier alpha value is -2.37. The van der Waals surface area contributed by atoms with E-state index in [1.807, 2.05) is 0 Å². The zero-order valence-corrected chi connectivity index (χ0v) is 52.7. The van der Waals surface area contributed by atoms with Gasteiger partial charge in [-0.2, -0.15) is 0 Å². The van der Waals surface area contributed by atoms with Crippen LogP contribution < -0.4 is 0 Å². The number of rotatable bonds is 65. The SMILES string of the molecule is CCC/C=C\CCCCCCCC(=O)OCC(COC(=O)CCCCCCCCCCCCCCCCCCCCC/C=C\C/C=C\CCCCCCC)OC(=O)CCCCCCCCCCCCCCCCCCCCC. The van der Waals surface area contributed by atoms with Crippen molar-refractivity contribution in [2.75, 3.05) is 13.2 Å². The Kier molecular flexibility index (Phi) is 65.1. The minimum absolute atomic E-state index is 0.0689. The highest BCUT2D eigenvalue weighted by molar-refractivity contribution is 5.71. The summed E-state index contributed by atoms with van der Waals surface area (Å²) in [5.41, 5.74) is 0. The van der Waals surface area contributed by atoms with Gasteiger partial charge in [0.05, 0.1) is 0 Å². The summed E-state index contributed by atoms with van der Waals surface area (Å²) in [5.74, 6) is -0.853. The van der Waals surface area contributed by atoms with Gasteiger partial charge in [-0.05, 0) is 70.6 Å². The van der Waals surface area contributed by atoms with Gasteiger partial charge in [0.15, 0.2) is 6.10 Å². The van der Waals surface area contributed by atoms with Crippen LogP contribution in [0, 0.1) is 0 Å². The second kappa shape index (κ2) is 67.1. The second-order valence-corrected chi connectivity index (χ2v) is 23.8. The summed E-state index contributed by atoms with van der Waals surface area (Å²) >= 11 is 0. The van der Waals surface area contributed by atoms with Crippen molar-refractivity contribution >= 4 is 17.9 Å². The van der Waals surface area contributed by atoms with Gasteiger partial charge in [-0.3, -0.25) is 14.4 Å². The molecule has 1 atom stereocenters. The summed E-state index contributed by atoms with van der Waals surface area (Å²) in [6.07, 6.45) is 83.4. The minimum atomic E-state index is -0.771. The third kappa shape index (κ3) is 64.5. The topological polar surface area (TPSA) is 78.9 Å². The van der Waals surface area contributed by atoms with E-state index in [9.17, 15) is 14.4 Å². The maximum Gasteiger partial charge on any atom is 0.306 e. The van der Waals surface area contributed by atoms with Crippen molar-refractivity contribution in [1.82, 2.24) is 0 Å². The molecule has 0 N–H and O–H groups in total. The molecule has 78 heavy (non-hydrogen) atoms. The molecule has 0 radical (unpaired) electrons. The molecule has 0 bridgehead atoms. The molecule has 6 nitrogen and oxygen atoms in total. The number of hydrogen-bond donors (Lipinski definition) is 0. The van der Waals surface area contributed by atoms with E-state index in [1.165, 1.54) is 270 Å². The lowest BCUT2D eigenvalue weighted by molar-refractivity contribution is -0.167. The molecule has 0 aliphatic carbocycles. The first-order valence-electron chi connectivity index (χ1n) is 35.0. The second-order valence-electron chi connectivity index (χ2n) is 23.8. The summed E-state index contributed by atoms with van der Waals surface area (Å²) in [7, 11) is 0. The Bertz CT molecular complexity index is 1300. The summed E-state index contributed by atoms with van der Waals surface area (Å²) < 4.78 is 16.9. The predicted molar refractivity (Wildman–Crippen MR) is 339 cm³/mol. The zero-order valence-electron chi connectivity index (χ0n) is 52.7. The number of ether oxygens (including phenoxy) is 3. The van der Waals surface area contributed by atoms with Crippen LogP contribution in [-0.2, 0) is 28.6 Å². The highest BCUT2D eigenvalue weighted by atomic mass is 16.6. The molecule has 458 valence electrons. The van der Waals surface area contributed by atoms with Crippen molar-refractivity contribution in [2.45, 2.75) is 393 Å². The van der Waals surface area contributed by atoms with Crippen LogP contribution in [0.2, 0.25) is 0 Å². The van der Waals surface area contributed by atoms with Gasteiger partial charge in [-0.1, -0.05) is 333 Å². The smallest absolute Gasteiger partial charge is 0.306 e. The molecular formula is C72H134O6. The maximum atomic E-state index is 12.9. The average molecular weight is 1100 g/mol. The van der Waals surface area contributed by atoms with Gasteiger partial charge in [0.1, 0.15) is 13.2 Å². The molecule has 0 aliphatic heterocycles. The third-order valence-corrected chi connectivity index (χ3v) is 15.8. The van der Waals surface area contributed by atoms with Gasteiger partial charge in [0, 0.05) is 19.3 Å². The van der Waals surface area contributed by atoms with E-state index in [0.717, 1.165) is 77.0 Å². The van der Waals surface area contributed by atoms with Crippen LogP contribution in [0.3, 0.4) is 0 Å². The first-order chi connectivity index (χ1) is 38.5. The molecule has 6 heteroatoms. The standard InChI is InChI=1S/C72H134O6/c1-4-7-10-13-16-19-22-24-26-28-30-31-32-33-34-35-36-37-38-39-40-41-43-44-46-48-50-53-56-59-62-65-71(74)77-68-69(67-76-70(73)64-61-58-55-52-21-18-15-12-9-6-3)78-72(75)66-63-60-57-54-51-49-47-45-42-29-27-25-23-20-17-14-11-8-5-2/h12,15,22,24,28,30,69H,4-11,13-14,16-21,23,25-27,29,31-68H2,1-3H3/b15-12-,24-22-,30-28-. The van der Waals surface area contributed by atoms with Crippen LogP contribution in [0.5, 0.6) is 0 Å². The molecule has 0 spiro atoms. The van der Waals surface area contributed by atoms with Crippen LogP contribution in [0.4, 0.5) is 0 Å². The number of unbranched alkanes of at least 4 members (excludes halogenated alkanes) is 48. The van der Waals surface area contributed by atoms with Crippen molar-refractivity contribution < 1.29 is 28.6 Å². The molecule has 0 aromatic carbocycles. The summed E-state index contributed by atoms with van der Waals surface area (Å²) in [6.45, 7) is 6.63. The fourth-order valence-corrected chi connectivity index (χ4v) is 10.6. The Labute approximate surface area is 486 Å². The van der Waals surface area contributed by atoms with E-state index >= 15 is 0 Å². The van der Waals surface area contributed by atoms with Gasteiger partial charge in [-0.15, -0.1) is 0 Å². The molecule has 1 unspecified atom stereocenters. The van der Waals surface area contributed by atoms with Crippen LogP contribution in [-0.4, -0.2) is 37.2 Å². The van der Waals surface area contributed by atoms with Crippen molar-refractivity contribution in [3.8, 4) is 0 Å². The highest BCUT2D eigenvalue weighted by Crippen LogP contribution is 2.18. The van der Waals surface area contributed by atoms with E-state index in [4.69, 9.17) is 14.2 Å². The first-order valence-corrected chi connectivity index (χ1v) is 35.0. The van der Waals surface area contributed by atoms with Gasteiger partial charge in [0.25, 0.3) is 0 Å². The fourth-order valence-electron chi connectivity index (χ4n) is 10.6. The molecular weight excluding hydrogens is 961 g/mol. The Morgan fingerprint density at radius 3 is 0.769 bits per heavy atom. The number of carbonyl (C=O) groups excluding carboxylic acids is 3. The monoisotopic (exact) mass is 1100 g/mol. The Morgan fingerprint density at radius 1 is 0.256 bits per heavy atom. The third-order valence-electron chi connectivity index (χ3n) is 15.8. The molecule has 0 fully saturated rings. The largest absolute Gasteiger partial charge is 0.462 e. The normalized spacial score (nSPS) is 12.2. The van der Waals surface area contributed by atoms with Gasteiger partial charge >= 0.3 is 17.9 Å². The average Bonchev–Trinajstić information content (AvgIpc) is 3.44. The molecule has 0 saturated heterocycles. The number of carbonyl (C=O) groups is 3. The zero-order chi connectivity index (χ0) is 56.4. The van der Waals surface area contributed by atoms with Gasteiger partial charge in [0.2, 0.25) is 0 Å². The fraction of sp³-hybridized carbons (Fsp3) is 0.875. The summed E-state index contributed by atoms with van der Waals surface area (Å²) in [6, 6.07) is 0. The van der Waals surface area contributed by atoms with Crippen LogP contribution in [0.15, 0.2) is 36.5 Å². The maximum absolute atomic E-state index is 12.9. The number of esters is 3. The first kappa shape index (κ1) is 75.6. The van der Waals surface area contributed by atoms with E-state index < -0.39 is 6.10 Å². The molecule has 0 saturated carbocycles. The van der Waals surface area contributed by atoms with Crippen molar-refractivity contribution in [3.05, 3.63) is 36.5 Å². The van der Waals surface area contributed by atoms with Crippen LogP contribution in [0.25, 0.3) is 0 Å². The summed E-state index contributed by atoms with van der Waals surface area (Å²) in [5, 5.41) is 0. The molecule has 0 aromatic rings. The van der Waals surface area contributed by atoms with Gasteiger partial charge < -0.3 is 14.2 Å². The lowest BCUT2D eigenvalue weighted by Gasteiger charge is -2.18. The lowest BCUT2D eigenvalue weighted by atomic mass is 10.0. The molecule has 0 aromatic heterocycles. The lowest BCUT2D eigenvalue weighted by Crippen LogP contribution is -2.30. The molecule has 0 heterocycles. The van der Waals surface area contributed by atoms with E-state index in [-0.39, 0.29) is 31.1 Å². The Morgan fingerprint density at radius 2 is 0.487 bits per heavy atom. The van der Waals surface area contributed by atoms with Crippen molar-refractivity contribution in [1.29, 1.82) is 0 Å². The number of allylic oxidation sites excluding steroid dienone is 6. The molecule has 0 rings (SSSR count). The molecule has 0 aliphatic rings. The summed E-state index contributed by atoms with van der Waals surface area (Å²) in [4.78, 5) is 38.3. The number of hydrogen-bond acceptors (Lipinski definition) is 6. The van der Waals surface area contributed by atoms with Crippen LogP contribution >= 0.6 is 0 Å². The van der Waals surface area contributed by atoms with E-state index in [2.05, 4.69) is 57.2 Å². The van der Waals surface area contributed by atoms with Gasteiger partial charge in [-0.25, -0.2) is 0 Å². The van der Waals surface area contributed by atoms with E-state index in [0.29, 0.717) is 19.3 Å². The quantitative estimate of drug-likeness (QED) is 0.0261. The highest BCUT2D eigenvalue weighted by Gasteiger charge is 2.19. The van der Waals surface area contributed by atoms with Crippen molar-refractivity contribution in [3.63, 3.8) is 0 Å². The van der Waals surface area contributed by atoms with Crippen LogP contribution in [0.1, 0.15) is 387 Å². The minimum Gasteiger partial charge on any atom is -0.462 e. The molecule has 0 amide bonds.